The van der Waals surface area contributed by atoms with Crippen LogP contribution in [0.15, 0.2) is 24.3 Å². The van der Waals surface area contributed by atoms with E-state index in [2.05, 4.69) is 21.4 Å². The second kappa shape index (κ2) is 6.54. The lowest BCUT2D eigenvalue weighted by molar-refractivity contribution is 0.0977. The Kier molecular flexibility index (Phi) is 4.38. The van der Waals surface area contributed by atoms with E-state index < -0.39 is 0 Å². The Balaban J connectivity index is 1.61. The summed E-state index contributed by atoms with van der Waals surface area (Å²) >= 11 is 0. The number of aromatic nitrogens is 2. The summed E-state index contributed by atoms with van der Waals surface area (Å²) in [6.07, 6.45) is 3.80. The summed E-state index contributed by atoms with van der Waals surface area (Å²) in [4.78, 5) is 2.50. The summed E-state index contributed by atoms with van der Waals surface area (Å²) in [5, 5.41) is 8.12. The molecule has 2 aliphatic heterocycles. The maximum absolute atomic E-state index is 14.0. The number of likely N-dealkylation sites (tertiary alicyclic amines) is 1. The molecular weight excluding hydrogens is 315 g/mol. The zero-order valence-corrected chi connectivity index (χ0v) is 15.2. The van der Waals surface area contributed by atoms with Crippen LogP contribution in [0.2, 0.25) is 0 Å². The van der Waals surface area contributed by atoms with E-state index in [1.54, 1.807) is 6.07 Å². The number of nitrogens with one attached hydrogen (secondary N) is 1. The Hall–Kier alpha value is -1.72. The molecule has 4 nitrogen and oxygen atoms in total. The van der Waals surface area contributed by atoms with Gasteiger partial charge in [0.25, 0.3) is 0 Å². The molecule has 1 aromatic carbocycles. The van der Waals surface area contributed by atoms with Gasteiger partial charge in [-0.15, -0.1) is 0 Å². The van der Waals surface area contributed by atoms with Crippen LogP contribution in [0, 0.1) is 25.1 Å². The number of hydrogen-bond acceptors (Lipinski definition) is 3. The maximum Gasteiger partial charge on any atom is 0.123 e. The van der Waals surface area contributed by atoms with Crippen molar-refractivity contribution in [2.24, 2.45) is 5.41 Å². The third-order valence-corrected chi connectivity index (χ3v) is 5.75. The van der Waals surface area contributed by atoms with Gasteiger partial charge in [0.2, 0.25) is 0 Å². The number of rotatable bonds is 3. The molecule has 5 heteroatoms. The minimum absolute atomic E-state index is 0.172. The van der Waals surface area contributed by atoms with Crippen LogP contribution in [0.5, 0.6) is 0 Å². The van der Waals surface area contributed by atoms with E-state index in [9.17, 15) is 4.39 Å². The van der Waals surface area contributed by atoms with Crippen LogP contribution in [-0.2, 0) is 6.54 Å². The molecule has 2 fully saturated rings. The molecule has 2 saturated heterocycles. The van der Waals surface area contributed by atoms with E-state index in [1.807, 2.05) is 24.6 Å². The molecule has 1 unspecified atom stereocenters. The molecule has 1 aromatic heterocycles. The smallest absolute Gasteiger partial charge is 0.123 e. The molecule has 0 bridgehead atoms. The molecular formula is C20H27FN4. The van der Waals surface area contributed by atoms with Crippen LogP contribution in [0.4, 0.5) is 4.39 Å². The molecule has 2 aromatic rings. The van der Waals surface area contributed by atoms with Crippen molar-refractivity contribution < 1.29 is 4.39 Å². The van der Waals surface area contributed by atoms with Gasteiger partial charge in [-0.1, -0.05) is 0 Å². The first-order chi connectivity index (χ1) is 12.0. The summed E-state index contributed by atoms with van der Waals surface area (Å²) in [5.41, 5.74) is 4.51. The topological polar surface area (TPSA) is 33.1 Å². The first kappa shape index (κ1) is 16.7. The minimum atomic E-state index is -0.172. The molecule has 2 aliphatic rings. The largest absolute Gasteiger partial charge is 0.316 e. The van der Waals surface area contributed by atoms with Gasteiger partial charge in [0.05, 0.1) is 11.4 Å². The Labute approximate surface area is 149 Å². The molecule has 4 rings (SSSR count). The predicted molar refractivity (Wildman–Crippen MR) is 97.4 cm³/mol. The summed E-state index contributed by atoms with van der Waals surface area (Å²) in [7, 11) is 0. The van der Waals surface area contributed by atoms with Crippen molar-refractivity contribution in [3.8, 4) is 5.69 Å². The maximum atomic E-state index is 14.0. The van der Waals surface area contributed by atoms with Crippen molar-refractivity contribution in [2.45, 2.75) is 39.7 Å². The number of nitrogens with zero attached hydrogens (tertiary/aromatic N) is 3. The van der Waals surface area contributed by atoms with E-state index in [4.69, 9.17) is 0 Å². The van der Waals surface area contributed by atoms with Gasteiger partial charge >= 0.3 is 0 Å². The van der Waals surface area contributed by atoms with Gasteiger partial charge in [0.1, 0.15) is 5.82 Å². The lowest BCUT2D eigenvalue weighted by atomic mass is 9.79. The Morgan fingerprint density at radius 1 is 1.24 bits per heavy atom. The van der Waals surface area contributed by atoms with Gasteiger partial charge in [-0.3, -0.25) is 4.90 Å². The molecule has 25 heavy (non-hydrogen) atoms. The first-order valence-electron chi connectivity index (χ1n) is 9.30. The number of aryl methyl sites for hydroxylation is 2. The van der Waals surface area contributed by atoms with Gasteiger partial charge < -0.3 is 5.32 Å². The average molecular weight is 342 g/mol. The summed E-state index contributed by atoms with van der Waals surface area (Å²) in [5.74, 6) is -0.172. The second-order valence-electron chi connectivity index (χ2n) is 7.85. The van der Waals surface area contributed by atoms with Crippen LogP contribution in [0.1, 0.15) is 36.2 Å². The first-order valence-corrected chi connectivity index (χ1v) is 9.30. The van der Waals surface area contributed by atoms with Gasteiger partial charge in [0.15, 0.2) is 0 Å². The van der Waals surface area contributed by atoms with E-state index in [1.165, 1.54) is 25.3 Å². The normalized spacial score (nSPS) is 24.3. The molecule has 0 radical (unpaired) electrons. The number of benzene rings is 1. The fourth-order valence-electron chi connectivity index (χ4n) is 4.59. The quantitative estimate of drug-likeness (QED) is 0.930. The number of piperidine rings is 1. The fourth-order valence-corrected chi connectivity index (χ4v) is 4.59. The third-order valence-electron chi connectivity index (χ3n) is 5.75. The van der Waals surface area contributed by atoms with Crippen molar-refractivity contribution in [1.29, 1.82) is 0 Å². The lowest BCUT2D eigenvalue weighted by Crippen LogP contribution is -2.44. The van der Waals surface area contributed by atoms with Gasteiger partial charge in [0, 0.05) is 25.3 Å². The number of hydrogen-bond donors (Lipinski definition) is 1. The van der Waals surface area contributed by atoms with Crippen LogP contribution in [0.3, 0.4) is 0 Å². The summed E-state index contributed by atoms with van der Waals surface area (Å²) in [6, 6.07) is 7.14. The van der Waals surface area contributed by atoms with E-state index in [0.29, 0.717) is 5.41 Å². The SMILES string of the molecule is Cc1cc(C)n(-c2ccc(F)cc2CN2CCCC3(CCNC3)C2)n1. The van der Waals surface area contributed by atoms with Crippen molar-refractivity contribution in [3.05, 3.63) is 47.0 Å². The van der Waals surface area contributed by atoms with E-state index in [0.717, 1.165) is 55.4 Å². The molecule has 0 aliphatic carbocycles. The Morgan fingerprint density at radius 2 is 2.12 bits per heavy atom. The standard InChI is InChI=1S/C20H27FN4/c1-15-10-16(2)25(23-15)19-5-4-18(21)11-17(19)12-24-9-3-6-20(14-24)7-8-22-13-20/h4-5,10-11,22H,3,6-9,12-14H2,1-2H3. The van der Waals surface area contributed by atoms with Gasteiger partial charge in [-0.25, -0.2) is 9.07 Å². The van der Waals surface area contributed by atoms with Gasteiger partial charge in [-0.05, 0) is 81.4 Å². The molecule has 134 valence electrons. The van der Waals surface area contributed by atoms with Crippen molar-refractivity contribution in [1.82, 2.24) is 20.0 Å². The molecule has 1 spiro atoms. The Bertz CT molecular complexity index is 761. The zero-order chi connectivity index (χ0) is 17.4. The highest BCUT2D eigenvalue weighted by Gasteiger charge is 2.37. The van der Waals surface area contributed by atoms with Crippen molar-refractivity contribution >= 4 is 0 Å². The highest BCUT2D eigenvalue weighted by atomic mass is 19.1. The van der Waals surface area contributed by atoms with Crippen LogP contribution in [0.25, 0.3) is 5.69 Å². The van der Waals surface area contributed by atoms with E-state index in [-0.39, 0.29) is 5.82 Å². The lowest BCUT2D eigenvalue weighted by Gasteiger charge is -2.40. The molecule has 1 atom stereocenters. The van der Waals surface area contributed by atoms with Crippen molar-refractivity contribution in [2.75, 3.05) is 26.2 Å². The summed E-state index contributed by atoms with van der Waals surface area (Å²) in [6.45, 7) is 9.28. The highest BCUT2D eigenvalue weighted by molar-refractivity contribution is 5.42. The fraction of sp³-hybridized carbons (Fsp3) is 0.550. The van der Waals surface area contributed by atoms with Crippen molar-refractivity contribution in [3.63, 3.8) is 0 Å². The molecule has 0 amide bonds. The van der Waals surface area contributed by atoms with Gasteiger partial charge in [-0.2, -0.15) is 5.10 Å². The van der Waals surface area contributed by atoms with E-state index >= 15 is 0 Å². The monoisotopic (exact) mass is 342 g/mol. The summed E-state index contributed by atoms with van der Waals surface area (Å²) < 4.78 is 15.9. The predicted octanol–water partition coefficient (Wildman–Crippen LogP) is 3.20. The molecule has 0 saturated carbocycles. The van der Waals surface area contributed by atoms with Crippen LogP contribution < -0.4 is 5.32 Å². The molecule has 3 heterocycles. The second-order valence-corrected chi connectivity index (χ2v) is 7.85. The van der Waals surface area contributed by atoms with Crippen LogP contribution >= 0.6 is 0 Å². The average Bonchev–Trinajstić information content (AvgIpc) is 3.14. The Morgan fingerprint density at radius 3 is 2.84 bits per heavy atom. The number of halogens is 1. The molecule has 1 N–H and O–H groups in total. The zero-order valence-electron chi connectivity index (χ0n) is 15.2. The van der Waals surface area contributed by atoms with Crippen LogP contribution in [-0.4, -0.2) is 40.9 Å². The highest BCUT2D eigenvalue weighted by Crippen LogP contribution is 2.36. The minimum Gasteiger partial charge on any atom is -0.316 e. The third kappa shape index (κ3) is 3.35.